The molecule has 0 unspecified atom stereocenters. The number of nitrogens with one attached hydrogen (secondary N) is 2. The molecule has 0 spiro atoms. The van der Waals surface area contributed by atoms with Crippen molar-refractivity contribution < 1.29 is 13.9 Å². The van der Waals surface area contributed by atoms with E-state index in [1.54, 1.807) is 37.6 Å². The van der Waals surface area contributed by atoms with E-state index in [2.05, 4.69) is 31.5 Å². The van der Waals surface area contributed by atoms with Crippen LogP contribution < -0.4 is 15.4 Å². The van der Waals surface area contributed by atoms with Gasteiger partial charge in [-0.15, -0.1) is 0 Å². The molecule has 0 bridgehead atoms. The van der Waals surface area contributed by atoms with Crippen molar-refractivity contribution in [3.63, 3.8) is 0 Å². The Morgan fingerprint density at radius 1 is 0.967 bits per heavy atom. The van der Waals surface area contributed by atoms with E-state index in [-0.39, 0.29) is 6.03 Å². The molecule has 0 aliphatic rings. The maximum absolute atomic E-state index is 12.3. The van der Waals surface area contributed by atoms with Crippen molar-refractivity contribution in [2.75, 3.05) is 17.7 Å². The van der Waals surface area contributed by atoms with E-state index in [1.807, 2.05) is 48.5 Å². The average Bonchev–Trinajstić information content (AvgIpc) is 3.25. The lowest BCUT2D eigenvalue weighted by Crippen LogP contribution is -2.19. The Hall–Kier alpha value is -3.58. The number of anilines is 2. The predicted octanol–water partition coefficient (Wildman–Crippen LogP) is 6.42. The van der Waals surface area contributed by atoms with E-state index in [0.717, 1.165) is 21.3 Å². The van der Waals surface area contributed by atoms with Gasteiger partial charge in [0, 0.05) is 21.3 Å². The van der Waals surface area contributed by atoms with Gasteiger partial charge in [-0.1, -0.05) is 40.2 Å². The van der Waals surface area contributed by atoms with Crippen molar-refractivity contribution in [1.29, 1.82) is 0 Å². The SMILES string of the molecule is COc1ccccc1NC(=O)Nc1ccc(-c2nc(-c3cccc(Br)c3)co2)cc1. The molecule has 1 heterocycles. The standard InChI is InChI=1S/C23H18BrN3O3/c1-29-21-8-3-2-7-19(21)27-23(28)25-18-11-9-15(10-12-18)22-26-20(14-30-22)16-5-4-6-17(24)13-16/h2-14H,1H3,(H2,25,27,28). The van der Waals surface area contributed by atoms with Crippen LogP contribution in [0, 0.1) is 0 Å². The molecular weight excluding hydrogens is 446 g/mol. The molecule has 0 radical (unpaired) electrons. The number of hydrogen-bond acceptors (Lipinski definition) is 4. The van der Waals surface area contributed by atoms with Gasteiger partial charge in [0.1, 0.15) is 17.7 Å². The Balaban J connectivity index is 1.44. The number of para-hydroxylation sites is 2. The summed E-state index contributed by atoms with van der Waals surface area (Å²) in [5.41, 5.74) is 3.76. The van der Waals surface area contributed by atoms with E-state index in [9.17, 15) is 4.79 Å². The molecule has 0 fully saturated rings. The number of amides is 2. The summed E-state index contributed by atoms with van der Waals surface area (Å²) in [6, 6.07) is 22.0. The summed E-state index contributed by atoms with van der Waals surface area (Å²) >= 11 is 3.46. The van der Waals surface area contributed by atoms with Crippen molar-refractivity contribution >= 4 is 33.3 Å². The second kappa shape index (κ2) is 8.84. The highest BCUT2D eigenvalue weighted by Crippen LogP contribution is 2.27. The highest BCUT2D eigenvalue weighted by atomic mass is 79.9. The molecule has 7 heteroatoms. The fourth-order valence-electron chi connectivity index (χ4n) is 2.92. The van der Waals surface area contributed by atoms with Gasteiger partial charge in [0.05, 0.1) is 12.8 Å². The van der Waals surface area contributed by atoms with Crippen molar-refractivity contribution in [3.05, 3.63) is 83.5 Å². The fourth-order valence-corrected chi connectivity index (χ4v) is 3.31. The molecule has 6 nitrogen and oxygen atoms in total. The Morgan fingerprint density at radius 3 is 2.53 bits per heavy atom. The number of oxazole rings is 1. The number of carbonyl (C=O) groups excluding carboxylic acids is 1. The third-order valence-electron chi connectivity index (χ3n) is 4.37. The fraction of sp³-hybridized carbons (Fsp3) is 0.0435. The summed E-state index contributed by atoms with van der Waals surface area (Å²) < 4.78 is 11.8. The summed E-state index contributed by atoms with van der Waals surface area (Å²) in [7, 11) is 1.56. The van der Waals surface area contributed by atoms with Gasteiger partial charge in [-0.25, -0.2) is 9.78 Å². The number of rotatable bonds is 5. The minimum atomic E-state index is -0.361. The molecule has 0 atom stereocenters. The van der Waals surface area contributed by atoms with Crippen LogP contribution >= 0.6 is 15.9 Å². The quantitative estimate of drug-likeness (QED) is 0.357. The van der Waals surface area contributed by atoms with E-state index >= 15 is 0 Å². The number of ether oxygens (including phenoxy) is 1. The third kappa shape index (κ3) is 4.52. The average molecular weight is 464 g/mol. The van der Waals surface area contributed by atoms with Crippen LogP contribution in [0.1, 0.15) is 0 Å². The molecular formula is C23H18BrN3O3. The summed E-state index contributed by atoms with van der Waals surface area (Å²) in [6.45, 7) is 0. The topological polar surface area (TPSA) is 76.4 Å². The Kier molecular flexibility index (Phi) is 5.81. The third-order valence-corrected chi connectivity index (χ3v) is 4.86. The largest absolute Gasteiger partial charge is 0.495 e. The first-order valence-corrected chi connectivity index (χ1v) is 9.94. The molecule has 4 rings (SSSR count). The predicted molar refractivity (Wildman–Crippen MR) is 121 cm³/mol. The number of halogens is 1. The smallest absolute Gasteiger partial charge is 0.323 e. The summed E-state index contributed by atoms with van der Waals surface area (Å²) in [6.07, 6.45) is 1.63. The maximum Gasteiger partial charge on any atom is 0.323 e. The highest BCUT2D eigenvalue weighted by Gasteiger charge is 2.10. The molecule has 4 aromatic rings. The van der Waals surface area contributed by atoms with Crippen LogP contribution in [0.4, 0.5) is 16.2 Å². The maximum atomic E-state index is 12.3. The molecule has 0 aliphatic heterocycles. The number of hydrogen-bond donors (Lipinski definition) is 2. The Morgan fingerprint density at radius 2 is 1.77 bits per heavy atom. The van der Waals surface area contributed by atoms with Crippen molar-refractivity contribution in [1.82, 2.24) is 4.98 Å². The molecule has 2 amide bonds. The monoisotopic (exact) mass is 463 g/mol. The zero-order valence-electron chi connectivity index (χ0n) is 16.1. The minimum absolute atomic E-state index is 0.361. The zero-order valence-corrected chi connectivity index (χ0v) is 17.6. The van der Waals surface area contributed by atoms with Crippen LogP contribution in [0.25, 0.3) is 22.7 Å². The van der Waals surface area contributed by atoms with Gasteiger partial charge in [-0.3, -0.25) is 0 Å². The molecule has 3 aromatic carbocycles. The first kappa shape index (κ1) is 19.7. The molecule has 0 saturated heterocycles. The van der Waals surface area contributed by atoms with Gasteiger partial charge in [-0.2, -0.15) is 0 Å². The first-order chi connectivity index (χ1) is 14.6. The van der Waals surface area contributed by atoms with E-state index in [1.165, 1.54) is 0 Å². The van der Waals surface area contributed by atoms with Crippen LogP contribution in [0.2, 0.25) is 0 Å². The molecule has 30 heavy (non-hydrogen) atoms. The minimum Gasteiger partial charge on any atom is -0.495 e. The van der Waals surface area contributed by atoms with Gasteiger partial charge in [-0.05, 0) is 48.5 Å². The number of methoxy groups -OCH3 is 1. The molecule has 0 aliphatic carbocycles. The second-order valence-corrected chi connectivity index (χ2v) is 7.32. The van der Waals surface area contributed by atoms with Crippen molar-refractivity contribution in [2.24, 2.45) is 0 Å². The lowest BCUT2D eigenvalue weighted by atomic mass is 10.2. The molecule has 0 saturated carbocycles. The number of nitrogens with zero attached hydrogens (tertiary/aromatic N) is 1. The van der Waals surface area contributed by atoms with Crippen LogP contribution in [0.15, 0.2) is 87.9 Å². The summed E-state index contributed by atoms with van der Waals surface area (Å²) in [4.78, 5) is 16.8. The van der Waals surface area contributed by atoms with Crippen LogP contribution in [-0.2, 0) is 0 Å². The zero-order chi connectivity index (χ0) is 20.9. The van der Waals surface area contributed by atoms with E-state index in [4.69, 9.17) is 9.15 Å². The molecule has 150 valence electrons. The lowest BCUT2D eigenvalue weighted by Gasteiger charge is -2.11. The van der Waals surface area contributed by atoms with Crippen LogP contribution in [-0.4, -0.2) is 18.1 Å². The number of aromatic nitrogens is 1. The summed E-state index contributed by atoms with van der Waals surface area (Å²) in [5.74, 6) is 1.10. The second-order valence-electron chi connectivity index (χ2n) is 6.41. The lowest BCUT2D eigenvalue weighted by molar-refractivity contribution is 0.262. The number of urea groups is 1. The normalized spacial score (nSPS) is 10.5. The molecule has 1 aromatic heterocycles. The van der Waals surface area contributed by atoms with Crippen molar-refractivity contribution in [3.8, 4) is 28.5 Å². The first-order valence-electron chi connectivity index (χ1n) is 9.15. The van der Waals surface area contributed by atoms with Gasteiger partial charge in [0.25, 0.3) is 0 Å². The highest BCUT2D eigenvalue weighted by molar-refractivity contribution is 9.10. The van der Waals surface area contributed by atoms with Gasteiger partial charge < -0.3 is 19.8 Å². The van der Waals surface area contributed by atoms with Gasteiger partial charge in [0.15, 0.2) is 0 Å². The molecule has 2 N–H and O–H groups in total. The Bertz CT molecular complexity index is 1170. The van der Waals surface area contributed by atoms with E-state index < -0.39 is 0 Å². The van der Waals surface area contributed by atoms with Crippen molar-refractivity contribution in [2.45, 2.75) is 0 Å². The summed E-state index contributed by atoms with van der Waals surface area (Å²) in [5, 5.41) is 5.57. The number of carbonyl (C=O) groups is 1. The van der Waals surface area contributed by atoms with Gasteiger partial charge >= 0.3 is 6.03 Å². The number of benzene rings is 3. The van der Waals surface area contributed by atoms with E-state index in [0.29, 0.717) is 23.0 Å². The Labute approximate surface area is 182 Å². The van der Waals surface area contributed by atoms with Crippen LogP contribution in [0.5, 0.6) is 5.75 Å². The van der Waals surface area contributed by atoms with Crippen LogP contribution in [0.3, 0.4) is 0 Å². The van der Waals surface area contributed by atoms with Gasteiger partial charge in [0.2, 0.25) is 5.89 Å².